The molecule has 0 aromatic rings. The lowest BCUT2D eigenvalue weighted by Gasteiger charge is -2.32. The number of ether oxygens (including phenoxy) is 2. The summed E-state index contributed by atoms with van der Waals surface area (Å²) < 4.78 is 45.1. The Morgan fingerprint density at radius 2 is 2.16 bits per heavy atom. The number of hydrogen-bond acceptors (Lipinski definition) is 4. The highest BCUT2D eigenvalue weighted by atomic mass is 19.4. The molecule has 110 valence electrons. The van der Waals surface area contributed by atoms with E-state index in [1.807, 2.05) is 0 Å². The zero-order chi connectivity index (χ0) is 14.6. The van der Waals surface area contributed by atoms with Gasteiger partial charge in [-0.1, -0.05) is 0 Å². The summed E-state index contributed by atoms with van der Waals surface area (Å²) in [6.07, 6.45) is -6.95. The van der Waals surface area contributed by atoms with Gasteiger partial charge in [-0.25, -0.2) is 4.79 Å². The van der Waals surface area contributed by atoms with Crippen molar-refractivity contribution in [1.29, 1.82) is 0 Å². The maximum Gasteiger partial charge on any atom is 0.411 e. The van der Waals surface area contributed by atoms with Gasteiger partial charge in [0.2, 0.25) is 0 Å². The van der Waals surface area contributed by atoms with Crippen LogP contribution in [0.1, 0.15) is 6.92 Å². The summed E-state index contributed by atoms with van der Waals surface area (Å²) in [6.45, 7) is -0.378. The minimum Gasteiger partial charge on any atom is -0.479 e. The molecule has 2 atom stereocenters. The van der Waals surface area contributed by atoms with E-state index < -0.39 is 36.9 Å². The quantitative estimate of drug-likeness (QED) is 0.802. The van der Waals surface area contributed by atoms with E-state index in [1.54, 1.807) is 0 Å². The van der Waals surface area contributed by atoms with Crippen LogP contribution in [0.15, 0.2) is 0 Å². The molecule has 0 saturated carbocycles. The molecule has 1 rings (SSSR count). The Morgan fingerprint density at radius 1 is 1.53 bits per heavy atom. The van der Waals surface area contributed by atoms with E-state index in [4.69, 9.17) is 9.84 Å². The average Bonchev–Trinajstić information content (AvgIpc) is 2.34. The van der Waals surface area contributed by atoms with E-state index in [0.717, 1.165) is 4.90 Å². The fourth-order valence-electron chi connectivity index (χ4n) is 1.55. The number of carboxylic acid groups (broad SMARTS) is 1. The predicted octanol–water partition coefficient (Wildman–Crippen LogP) is 0.266. The van der Waals surface area contributed by atoms with Crippen LogP contribution in [-0.4, -0.2) is 66.6 Å². The van der Waals surface area contributed by atoms with Crippen LogP contribution in [0.3, 0.4) is 0 Å². The Balaban J connectivity index is 2.49. The Kier molecular flexibility index (Phi) is 5.12. The van der Waals surface area contributed by atoms with Crippen LogP contribution in [0.5, 0.6) is 0 Å². The Morgan fingerprint density at radius 3 is 2.68 bits per heavy atom. The molecule has 19 heavy (non-hydrogen) atoms. The number of nitrogens with zero attached hydrogens (tertiary/aromatic N) is 1. The number of aliphatic carboxylic acids is 1. The lowest BCUT2D eigenvalue weighted by Crippen LogP contribution is -2.51. The third kappa shape index (κ3) is 5.03. The number of amides is 1. The van der Waals surface area contributed by atoms with Crippen molar-refractivity contribution in [1.82, 2.24) is 4.90 Å². The van der Waals surface area contributed by atoms with E-state index in [9.17, 15) is 22.8 Å². The summed E-state index contributed by atoms with van der Waals surface area (Å²) in [7, 11) is 0. The molecule has 1 saturated heterocycles. The number of morpholine rings is 1. The maximum absolute atomic E-state index is 11.9. The molecule has 0 aromatic carbocycles. The number of carboxylic acids is 1. The van der Waals surface area contributed by atoms with Gasteiger partial charge in [-0.15, -0.1) is 0 Å². The first-order chi connectivity index (χ1) is 8.70. The average molecular weight is 285 g/mol. The van der Waals surface area contributed by atoms with Gasteiger partial charge < -0.3 is 19.5 Å². The summed E-state index contributed by atoms with van der Waals surface area (Å²) in [5.74, 6) is -1.90. The van der Waals surface area contributed by atoms with E-state index in [2.05, 4.69) is 4.74 Å². The molecule has 0 radical (unpaired) electrons. The first-order valence-electron chi connectivity index (χ1n) is 5.52. The SMILES string of the molecule is C[C@@H](OCC(F)(F)F)C(=O)N1CCO[C@@H](C(=O)O)C1. The Labute approximate surface area is 107 Å². The van der Waals surface area contributed by atoms with Crippen LogP contribution in [0, 0.1) is 0 Å². The number of alkyl halides is 3. The third-order valence-electron chi connectivity index (χ3n) is 2.50. The zero-order valence-corrected chi connectivity index (χ0v) is 10.1. The Hall–Kier alpha value is -1.35. The highest BCUT2D eigenvalue weighted by molar-refractivity contribution is 5.82. The lowest BCUT2D eigenvalue weighted by atomic mass is 10.2. The number of carbonyl (C=O) groups excluding carboxylic acids is 1. The number of hydrogen-bond donors (Lipinski definition) is 1. The van der Waals surface area contributed by atoms with E-state index in [1.165, 1.54) is 6.92 Å². The van der Waals surface area contributed by atoms with Gasteiger partial charge in [0.15, 0.2) is 6.10 Å². The standard InChI is InChI=1S/C10H14F3NO5/c1-6(19-5-10(11,12)13)8(15)14-2-3-18-7(4-14)9(16)17/h6-7H,2-5H2,1H3,(H,16,17)/t6-,7-/m1/s1. The molecular weight excluding hydrogens is 271 g/mol. The minimum atomic E-state index is -4.51. The molecular formula is C10H14F3NO5. The second kappa shape index (κ2) is 6.20. The topological polar surface area (TPSA) is 76.1 Å². The van der Waals surface area contributed by atoms with Crippen molar-refractivity contribution in [2.75, 3.05) is 26.3 Å². The molecule has 0 aliphatic carbocycles. The molecule has 6 nitrogen and oxygen atoms in total. The van der Waals surface area contributed by atoms with Crippen LogP contribution < -0.4 is 0 Å². The predicted molar refractivity (Wildman–Crippen MR) is 55.4 cm³/mol. The third-order valence-corrected chi connectivity index (χ3v) is 2.50. The maximum atomic E-state index is 11.9. The second-order valence-corrected chi connectivity index (χ2v) is 4.05. The van der Waals surface area contributed by atoms with Crippen molar-refractivity contribution in [3.8, 4) is 0 Å². The second-order valence-electron chi connectivity index (χ2n) is 4.05. The molecule has 0 bridgehead atoms. The molecule has 1 N–H and O–H groups in total. The molecule has 0 unspecified atom stereocenters. The molecule has 1 fully saturated rings. The first-order valence-corrected chi connectivity index (χ1v) is 5.52. The normalized spacial score (nSPS) is 22.1. The van der Waals surface area contributed by atoms with Gasteiger partial charge in [0.1, 0.15) is 12.7 Å². The summed E-state index contributed by atoms with van der Waals surface area (Å²) in [5.41, 5.74) is 0. The lowest BCUT2D eigenvalue weighted by molar-refractivity contribution is -0.190. The molecule has 0 spiro atoms. The summed E-state index contributed by atoms with van der Waals surface area (Å²) in [5, 5.41) is 8.74. The largest absolute Gasteiger partial charge is 0.479 e. The van der Waals surface area contributed by atoms with Crippen molar-refractivity contribution in [3.63, 3.8) is 0 Å². The van der Waals surface area contributed by atoms with E-state index >= 15 is 0 Å². The van der Waals surface area contributed by atoms with E-state index in [-0.39, 0.29) is 19.7 Å². The van der Waals surface area contributed by atoms with Crippen LogP contribution >= 0.6 is 0 Å². The molecule has 1 heterocycles. The number of rotatable bonds is 4. The van der Waals surface area contributed by atoms with E-state index in [0.29, 0.717) is 0 Å². The number of carbonyl (C=O) groups is 2. The first kappa shape index (κ1) is 15.7. The summed E-state index contributed by atoms with van der Waals surface area (Å²) >= 11 is 0. The molecule has 0 aromatic heterocycles. The Bertz CT molecular complexity index is 347. The molecule has 1 aliphatic heterocycles. The van der Waals surface area contributed by atoms with Crippen LogP contribution in [0.25, 0.3) is 0 Å². The van der Waals surface area contributed by atoms with Gasteiger partial charge >= 0.3 is 12.1 Å². The van der Waals surface area contributed by atoms with Gasteiger partial charge in [0, 0.05) is 6.54 Å². The van der Waals surface area contributed by atoms with Crippen LogP contribution in [-0.2, 0) is 19.1 Å². The van der Waals surface area contributed by atoms with Gasteiger partial charge in [-0.2, -0.15) is 13.2 Å². The molecule has 9 heteroatoms. The van der Waals surface area contributed by atoms with Gasteiger partial charge in [-0.3, -0.25) is 4.79 Å². The fourth-order valence-corrected chi connectivity index (χ4v) is 1.55. The summed E-state index contributed by atoms with van der Waals surface area (Å²) in [6, 6.07) is 0. The smallest absolute Gasteiger partial charge is 0.411 e. The van der Waals surface area contributed by atoms with Crippen molar-refractivity contribution in [3.05, 3.63) is 0 Å². The van der Waals surface area contributed by atoms with Gasteiger partial charge in [0.25, 0.3) is 5.91 Å². The van der Waals surface area contributed by atoms with Crippen molar-refractivity contribution in [2.45, 2.75) is 25.3 Å². The zero-order valence-electron chi connectivity index (χ0n) is 10.1. The van der Waals surface area contributed by atoms with Crippen molar-refractivity contribution < 1.29 is 37.3 Å². The highest BCUT2D eigenvalue weighted by Crippen LogP contribution is 2.16. The number of halogens is 3. The molecule has 1 aliphatic rings. The van der Waals surface area contributed by atoms with Gasteiger partial charge in [0.05, 0.1) is 13.2 Å². The van der Waals surface area contributed by atoms with Gasteiger partial charge in [-0.05, 0) is 6.92 Å². The van der Waals surface area contributed by atoms with Crippen LogP contribution in [0.2, 0.25) is 0 Å². The van der Waals surface area contributed by atoms with Crippen molar-refractivity contribution >= 4 is 11.9 Å². The fraction of sp³-hybridized carbons (Fsp3) is 0.800. The highest BCUT2D eigenvalue weighted by Gasteiger charge is 2.34. The van der Waals surface area contributed by atoms with Crippen LogP contribution in [0.4, 0.5) is 13.2 Å². The minimum absolute atomic E-state index is 0.0225. The molecule has 1 amide bonds. The van der Waals surface area contributed by atoms with Crippen molar-refractivity contribution in [2.24, 2.45) is 0 Å². The monoisotopic (exact) mass is 285 g/mol. The summed E-state index contributed by atoms with van der Waals surface area (Å²) in [4.78, 5) is 23.6.